The lowest BCUT2D eigenvalue weighted by atomic mass is 10.1. The van der Waals surface area contributed by atoms with Crippen molar-refractivity contribution < 1.29 is 9.53 Å². The Morgan fingerprint density at radius 2 is 1.70 bits per heavy atom. The van der Waals surface area contributed by atoms with Crippen LogP contribution in [0.1, 0.15) is 30.5 Å². The van der Waals surface area contributed by atoms with Gasteiger partial charge in [-0.05, 0) is 28.2 Å². The fourth-order valence-electron chi connectivity index (χ4n) is 3.45. The molecule has 2 unspecified atom stereocenters. The van der Waals surface area contributed by atoms with E-state index < -0.39 is 0 Å². The summed E-state index contributed by atoms with van der Waals surface area (Å²) in [6.07, 6.45) is 4.11. The molecule has 4 heteroatoms. The molecule has 2 aromatic carbocycles. The van der Waals surface area contributed by atoms with Crippen LogP contribution in [0, 0.1) is 17.3 Å². The number of benzene rings is 2. The van der Waals surface area contributed by atoms with E-state index in [2.05, 4.69) is 18.2 Å². The average Bonchev–Trinajstić information content (AvgIpc) is 3.27. The first kappa shape index (κ1) is 19.7. The van der Waals surface area contributed by atoms with Crippen molar-refractivity contribution in [2.75, 3.05) is 0 Å². The Hall–Kier alpha value is -2.03. The lowest BCUT2D eigenvalue weighted by Crippen LogP contribution is -2.10. The summed E-state index contributed by atoms with van der Waals surface area (Å²) in [4.78, 5) is 12.5. The zero-order valence-electron chi connectivity index (χ0n) is 15.4. The van der Waals surface area contributed by atoms with Gasteiger partial charge in [0.05, 0.1) is 5.92 Å². The lowest BCUT2D eigenvalue weighted by molar-refractivity contribution is -0.147. The number of hydrogen-bond acceptors (Lipinski definition) is 2. The van der Waals surface area contributed by atoms with Gasteiger partial charge >= 0.3 is 5.97 Å². The molecule has 0 aliphatic heterocycles. The fraction of sp³-hybridized carbons (Fsp3) is 0.261. The maximum absolute atomic E-state index is 12.5. The molecular formula is C23H22Cl2O2. The van der Waals surface area contributed by atoms with Gasteiger partial charge in [-0.25, -0.2) is 0 Å². The molecule has 0 amide bonds. The van der Waals surface area contributed by atoms with E-state index in [1.807, 2.05) is 62.4 Å². The minimum Gasteiger partial charge on any atom is -0.461 e. The monoisotopic (exact) mass is 400 g/mol. The van der Waals surface area contributed by atoms with E-state index in [0.29, 0.717) is 5.03 Å². The zero-order valence-corrected chi connectivity index (χ0v) is 16.9. The summed E-state index contributed by atoms with van der Waals surface area (Å²) in [6.45, 7) is 4.25. The molecule has 0 saturated heterocycles. The number of carbonyl (C=O) groups is 1. The number of carbonyl (C=O) groups excluding carboxylic acids is 1. The van der Waals surface area contributed by atoms with Crippen molar-refractivity contribution in [3.8, 4) is 0 Å². The van der Waals surface area contributed by atoms with Gasteiger partial charge in [0.1, 0.15) is 6.61 Å². The van der Waals surface area contributed by atoms with Crippen molar-refractivity contribution in [2.24, 2.45) is 17.3 Å². The minimum atomic E-state index is -0.249. The first-order valence-corrected chi connectivity index (χ1v) is 9.69. The molecule has 27 heavy (non-hydrogen) atoms. The van der Waals surface area contributed by atoms with Crippen molar-refractivity contribution >= 4 is 41.3 Å². The summed E-state index contributed by atoms with van der Waals surface area (Å²) in [6, 6.07) is 18.1. The highest BCUT2D eigenvalue weighted by Gasteiger charge is 2.64. The van der Waals surface area contributed by atoms with Crippen LogP contribution in [0.2, 0.25) is 0 Å². The smallest absolute Gasteiger partial charge is 0.310 e. The first-order chi connectivity index (χ1) is 12.9. The van der Waals surface area contributed by atoms with Gasteiger partial charge in [0.25, 0.3) is 0 Å². The van der Waals surface area contributed by atoms with E-state index >= 15 is 0 Å². The van der Waals surface area contributed by atoms with Gasteiger partial charge in [-0.2, -0.15) is 0 Å². The molecule has 1 aliphatic rings. The summed E-state index contributed by atoms with van der Waals surface area (Å²) in [5.74, 6) is -0.544. The molecule has 0 N–H and O–H groups in total. The number of hydrogen-bond donors (Lipinski definition) is 0. The molecule has 0 radical (unpaired) electrons. The van der Waals surface area contributed by atoms with E-state index in [-0.39, 0.29) is 29.8 Å². The molecule has 140 valence electrons. The van der Waals surface area contributed by atoms with Crippen LogP contribution < -0.4 is 0 Å². The summed E-state index contributed by atoms with van der Waals surface area (Å²) in [5, 5.41) is 0.511. The van der Waals surface area contributed by atoms with Crippen LogP contribution in [0.15, 0.2) is 65.2 Å². The third-order valence-electron chi connectivity index (χ3n) is 5.08. The summed E-state index contributed by atoms with van der Waals surface area (Å²) >= 11 is 11.8. The molecule has 0 spiro atoms. The summed E-state index contributed by atoms with van der Waals surface area (Å²) in [5.41, 5.74) is 4.27. The molecule has 0 bridgehead atoms. The van der Waals surface area contributed by atoms with Crippen LogP contribution in [-0.2, 0) is 16.1 Å². The van der Waals surface area contributed by atoms with E-state index in [1.54, 1.807) is 0 Å². The normalized spacial score (nSPS) is 21.3. The standard InChI is InChI=1S/C23H22Cl2O2/c1-23(2)20(19(25)14-24)21(23)22(26)27-15-18-10-6-9-17(13-18)12-11-16-7-4-3-5-8-16/h3-14,20-21H,15H2,1-2H3. The highest BCUT2D eigenvalue weighted by atomic mass is 35.5. The molecule has 3 rings (SSSR count). The summed E-state index contributed by atoms with van der Waals surface area (Å²) in [7, 11) is 0. The second-order valence-corrected chi connectivity index (χ2v) is 8.02. The van der Waals surface area contributed by atoms with Crippen LogP contribution >= 0.6 is 23.2 Å². The third-order valence-corrected chi connectivity index (χ3v) is 5.77. The Kier molecular flexibility index (Phi) is 6.08. The van der Waals surface area contributed by atoms with E-state index in [1.165, 1.54) is 5.54 Å². The highest BCUT2D eigenvalue weighted by Crippen LogP contribution is 2.63. The Morgan fingerprint density at radius 3 is 2.41 bits per heavy atom. The van der Waals surface area contributed by atoms with Gasteiger partial charge in [-0.3, -0.25) is 4.79 Å². The Morgan fingerprint density at radius 1 is 1.04 bits per heavy atom. The molecule has 1 aliphatic carbocycles. The zero-order chi connectivity index (χ0) is 19.4. The molecule has 2 atom stereocenters. The minimum absolute atomic E-state index is 0.0655. The number of rotatable bonds is 6. The van der Waals surface area contributed by atoms with Crippen LogP contribution in [0.4, 0.5) is 0 Å². The topological polar surface area (TPSA) is 26.3 Å². The molecule has 1 saturated carbocycles. The molecule has 2 aromatic rings. The van der Waals surface area contributed by atoms with Gasteiger partial charge in [0.2, 0.25) is 0 Å². The highest BCUT2D eigenvalue weighted by molar-refractivity contribution is 6.37. The maximum Gasteiger partial charge on any atom is 0.310 e. The Labute approximate surface area is 170 Å². The predicted molar refractivity (Wildman–Crippen MR) is 112 cm³/mol. The molecular weight excluding hydrogens is 379 g/mol. The molecule has 0 aromatic heterocycles. The van der Waals surface area contributed by atoms with Gasteiger partial charge < -0.3 is 4.74 Å². The van der Waals surface area contributed by atoms with Crippen molar-refractivity contribution in [3.05, 3.63) is 81.9 Å². The van der Waals surface area contributed by atoms with Crippen molar-refractivity contribution in [3.63, 3.8) is 0 Å². The number of ether oxygens (including phenoxy) is 1. The van der Waals surface area contributed by atoms with Gasteiger partial charge in [0, 0.05) is 16.5 Å². The summed E-state index contributed by atoms with van der Waals surface area (Å²) < 4.78 is 5.54. The van der Waals surface area contributed by atoms with Gasteiger partial charge in [0.15, 0.2) is 0 Å². The van der Waals surface area contributed by atoms with Crippen LogP contribution in [0.25, 0.3) is 12.2 Å². The largest absolute Gasteiger partial charge is 0.461 e. The van der Waals surface area contributed by atoms with E-state index in [0.717, 1.165) is 16.7 Å². The SMILES string of the molecule is CC1(C)C(C(=O)OCc2cccc(C=Cc3ccccc3)c2)C1C(Cl)=CCl. The van der Waals surface area contributed by atoms with Crippen molar-refractivity contribution in [2.45, 2.75) is 20.5 Å². The number of esters is 1. The third kappa shape index (κ3) is 4.63. The second kappa shape index (κ2) is 8.33. The number of allylic oxidation sites excluding steroid dienone is 1. The van der Waals surface area contributed by atoms with Crippen LogP contribution in [0.3, 0.4) is 0 Å². The molecule has 1 fully saturated rings. The quantitative estimate of drug-likeness (QED) is 0.408. The second-order valence-electron chi connectivity index (χ2n) is 7.37. The average molecular weight is 401 g/mol. The fourth-order valence-corrected chi connectivity index (χ4v) is 3.99. The number of halogens is 2. The van der Waals surface area contributed by atoms with Crippen LogP contribution in [-0.4, -0.2) is 5.97 Å². The Balaban J connectivity index is 1.61. The van der Waals surface area contributed by atoms with Gasteiger partial charge in [-0.1, -0.05) is 97.7 Å². The van der Waals surface area contributed by atoms with E-state index in [4.69, 9.17) is 27.9 Å². The molecule has 2 nitrogen and oxygen atoms in total. The van der Waals surface area contributed by atoms with Crippen molar-refractivity contribution in [1.82, 2.24) is 0 Å². The van der Waals surface area contributed by atoms with Crippen LogP contribution in [0.5, 0.6) is 0 Å². The first-order valence-electron chi connectivity index (χ1n) is 8.88. The van der Waals surface area contributed by atoms with Gasteiger partial charge in [-0.15, -0.1) is 0 Å². The maximum atomic E-state index is 12.5. The van der Waals surface area contributed by atoms with Crippen molar-refractivity contribution in [1.29, 1.82) is 0 Å². The lowest BCUT2D eigenvalue weighted by Gasteiger charge is -2.07. The van der Waals surface area contributed by atoms with E-state index in [9.17, 15) is 4.79 Å². The predicted octanol–water partition coefficient (Wildman–Crippen LogP) is 6.49. The molecule has 0 heterocycles. The Bertz CT molecular complexity index is 869.